The van der Waals surface area contributed by atoms with E-state index in [4.69, 9.17) is 10.5 Å². The molecule has 3 heteroatoms. The molecule has 104 valence electrons. The number of nitrogens with two attached hydrogens (primary N) is 1. The SMILES string of the molecule is NC1CCCCC(C2CCOC3(CCSC3)C2)C1. The van der Waals surface area contributed by atoms with Gasteiger partial charge >= 0.3 is 0 Å². The molecule has 2 nitrogen and oxygen atoms in total. The average molecular weight is 269 g/mol. The highest BCUT2D eigenvalue weighted by molar-refractivity contribution is 7.99. The highest BCUT2D eigenvalue weighted by Gasteiger charge is 2.42. The summed E-state index contributed by atoms with van der Waals surface area (Å²) in [6.07, 6.45) is 10.6. The van der Waals surface area contributed by atoms with Gasteiger partial charge in [-0.25, -0.2) is 0 Å². The van der Waals surface area contributed by atoms with Crippen LogP contribution in [0.25, 0.3) is 0 Å². The highest BCUT2D eigenvalue weighted by Crippen LogP contribution is 2.44. The third-order valence-corrected chi connectivity index (χ3v) is 6.49. The van der Waals surface area contributed by atoms with E-state index in [1.165, 1.54) is 62.9 Å². The van der Waals surface area contributed by atoms with Crippen LogP contribution in [0.2, 0.25) is 0 Å². The Morgan fingerprint density at radius 3 is 2.83 bits per heavy atom. The van der Waals surface area contributed by atoms with Crippen molar-refractivity contribution in [1.29, 1.82) is 0 Å². The second-order valence-corrected chi connectivity index (χ2v) is 7.73. The van der Waals surface area contributed by atoms with E-state index in [0.29, 0.717) is 6.04 Å². The second-order valence-electron chi connectivity index (χ2n) is 6.63. The van der Waals surface area contributed by atoms with Crippen LogP contribution in [0.15, 0.2) is 0 Å². The molecule has 1 spiro atoms. The lowest BCUT2D eigenvalue weighted by Gasteiger charge is -2.41. The molecule has 0 amide bonds. The third kappa shape index (κ3) is 2.88. The van der Waals surface area contributed by atoms with E-state index in [0.717, 1.165) is 18.4 Å². The fourth-order valence-corrected chi connectivity index (χ4v) is 5.58. The minimum absolute atomic E-state index is 0.254. The van der Waals surface area contributed by atoms with Crippen LogP contribution >= 0.6 is 11.8 Å². The van der Waals surface area contributed by atoms with E-state index in [9.17, 15) is 0 Å². The van der Waals surface area contributed by atoms with Crippen molar-refractivity contribution in [3.63, 3.8) is 0 Å². The summed E-state index contributed by atoms with van der Waals surface area (Å²) >= 11 is 2.08. The zero-order valence-corrected chi connectivity index (χ0v) is 12.2. The smallest absolute Gasteiger partial charge is 0.0783 e. The maximum absolute atomic E-state index is 6.24. The van der Waals surface area contributed by atoms with Gasteiger partial charge in [-0.05, 0) is 49.7 Å². The van der Waals surface area contributed by atoms with Gasteiger partial charge in [0.05, 0.1) is 5.60 Å². The molecule has 0 aromatic carbocycles. The Morgan fingerprint density at radius 1 is 1.11 bits per heavy atom. The normalized spacial score (nSPS) is 46.2. The maximum Gasteiger partial charge on any atom is 0.0783 e. The summed E-state index contributed by atoms with van der Waals surface area (Å²) in [6.45, 7) is 0.997. The largest absolute Gasteiger partial charge is 0.374 e. The van der Waals surface area contributed by atoms with Crippen molar-refractivity contribution in [2.75, 3.05) is 18.1 Å². The molecule has 2 heterocycles. The van der Waals surface area contributed by atoms with E-state index in [1.807, 2.05) is 0 Å². The molecule has 0 aromatic rings. The van der Waals surface area contributed by atoms with Crippen LogP contribution in [0.5, 0.6) is 0 Å². The molecule has 1 aliphatic carbocycles. The summed E-state index contributed by atoms with van der Waals surface area (Å²) in [5, 5.41) is 0. The van der Waals surface area contributed by atoms with Crippen molar-refractivity contribution in [2.24, 2.45) is 17.6 Å². The molecule has 3 aliphatic rings. The minimum Gasteiger partial charge on any atom is -0.374 e. The van der Waals surface area contributed by atoms with Crippen LogP contribution in [0.1, 0.15) is 51.4 Å². The van der Waals surface area contributed by atoms with E-state index in [1.54, 1.807) is 0 Å². The first-order chi connectivity index (χ1) is 8.77. The third-order valence-electron chi connectivity index (χ3n) is 5.27. The van der Waals surface area contributed by atoms with Crippen molar-refractivity contribution in [3.8, 4) is 0 Å². The molecule has 4 atom stereocenters. The maximum atomic E-state index is 6.24. The van der Waals surface area contributed by atoms with Gasteiger partial charge in [0.1, 0.15) is 0 Å². The lowest BCUT2D eigenvalue weighted by Crippen LogP contribution is -2.42. The predicted octanol–water partition coefficient (Wildman–Crippen LogP) is 3.20. The number of hydrogen-bond donors (Lipinski definition) is 1. The highest BCUT2D eigenvalue weighted by atomic mass is 32.2. The van der Waals surface area contributed by atoms with Gasteiger partial charge < -0.3 is 10.5 Å². The van der Waals surface area contributed by atoms with E-state index in [-0.39, 0.29) is 5.60 Å². The van der Waals surface area contributed by atoms with E-state index in [2.05, 4.69) is 11.8 Å². The molecule has 0 aromatic heterocycles. The predicted molar refractivity (Wildman–Crippen MR) is 77.9 cm³/mol. The molecule has 3 rings (SSSR count). The average Bonchev–Trinajstić information content (AvgIpc) is 2.69. The van der Waals surface area contributed by atoms with Gasteiger partial charge in [-0.15, -0.1) is 0 Å². The van der Waals surface area contributed by atoms with E-state index < -0.39 is 0 Å². The number of hydrogen-bond acceptors (Lipinski definition) is 3. The summed E-state index contributed by atoms with van der Waals surface area (Å²) in [5.41, 5.74) is 6.50. The molecular formula is C15H27NOS. The zero-order valence-electron chi connectivity index (χ0n) is 11.4. The molecule has 2 N–H and O–H groups in total. The molecular weight excluding hydrogens is 242 g/mol. The van der Waals surface area contributed by atoms with Crippen molar-refractivity contribution in [3.05, 3.63) is 0 Å². The molecule has 18 heavy (non-hydrogen) atoms. The first-order valence-corrected chi connectivity index (χ1v) is 8.90. The van der Waals surface area contributed by atoms with Gasteiger partial charge in [0.25, 0.3) is 0 Å². The Bertz CT molecular complexity index is 278. The van der Waals surface area contributed by atoms with Crippen molar-refractivity contribution in [2.45, 2.75) is 63.0 Å². The molecule has 3 fully saturated rings. The second kappa shape index (κ2) is 5.72. The number of thioether (sulfide) groups is 1. The fraction of sp³-hybridized carbons (Fsp3) is 1.00. The van der Waals surface area contributed by atoms with Crippen molar-refractivity contribution in [1.82, 2.24) is 0 Å². The van der Waals surface area contributed by atoms with Crippen LogP contribution in [-0.2, 0) is 4.74 Å². The molecule has 0 radical (unpaired) electrons. The van der Waals surface area contributed by atoms with E-state index >= 15 is 0 Å². The van der Waals surface area contributed by atoms with Gasteiger partial charge in [0.2, 0.25) is 0 Å². The lowest BCUT2D eigenvalue weighted by molar-refractivity contribution is -0.0904. The topological polar surface area (TPSA) is 35.2 Å². The Labute approximate surface area is 115 Å². The summed E-state index contributed by atoms with van der Waals surface area (Å²) in [4.78, 5) is 0. The molecule has 1 saturated carbocycles. The first-order valence-electron chi connectivity index (χ1n) is 7.75. The Morgan fingerprint density at radius 2 is 2.00 bits per heavy atom. The molecule has 4 unspecified atom stereocenters. The number of rotatable bonds is 1. The standard InChI is InChI=1S/C15H27NOS/c16-14-4-2-1-3-12(9-14)13-5-7-17-15(10-13)6-8-18-11-15/h12-14H,1-11,16H2. The number of ether oxygens (including phenoxy) is 1. The quantitative estimate of drug-likeness (QED) is 0.743. The van der Waals surface area contributed by atoms with Crippen LogP contribution < -0.4 is 5.73 Å². The Hall–Kier alpha value is 0.270. The first kappa shape index (κ1) is 13.3. The van der Waals surface area contributed by atoms with Gasteiger partial charge in [0, 0.05) is 18.4 Å². The summed E-state index contributed by atoms with van der Waals surface area (Å²) in [7, 11) is 0. The van der Waals surface area contributed by atoms with Crippen LogP contribution in [0, 0.1) is 11.8 Å². The summed E-state index contributed by atoms with van der Waals surface area (Å²) < 4.78 is 6.15. The monoisotopic (exact) mass is 269 g/mol. The van der Waals surface area contributed by atoms with Crippen LogP contribution in [0.3, 0.4) is 0 Å². The summed E-state index contributed by atoms with van der Waals surface area (Å²) in [6, 6.07) is 0.467. The van der Waals surface area contributed by atoms with Gasteiger partial charge in [-0.2, -0.15) is 11.8 Å². The van der Waals surface area contributed by atoms with Gasteiger partial charge in [-0.3, -0.25) is 0 Å². The lowest BCUT2D eigenvalue weighted by atomic mass is 9.75. The Kier molecular flexibility index (Phi) is 4.21. The molecule has 2 saturated heterocycles. The Balaban J connectivity index is 1.63. The van der Waals surface area contributed by atoms with Crippen molar-refractivity contribution >= 4 is 11.8 Å². The van der Waals surface area contributed by atoms with Crippen molar-refractivity contribution < 1.29 is 4.74 Å². The van der Waals surface area contributed by atoms with Crippen LogP contribution in [0.4, 0.5) is 0 Å². The van der Waals surface area contributed by atoms with Gasteiger partial charge in [0.15, 0.2) is 0 Å². The summed E-state index contributed by atoms with van der Waals surface area (Å²) in [5.74, 6) is 4.31. The molecule has 0 bridgehead atoms. The minimum atomic E-state index is 0.254. The zero-order chi connectivity index (χ0) is 12.4. The fourth-order valence-electron chi connectivity index (χ4n) is 4.20. The van der Waals surface area contributed by atoms with Crippen LogP contribution in [-0.4, -0.2) is 29.8 Å². The van der Waals surface area contributed by atoms with Gasteiger partial charge in [-0.1, -0.05) is 19.3 Å². The molecule has 2 aliphatic heterocycles.